The molecule has 33 heavy (non-hydrogen) atoms. The van der Waals surface area contributed by atoms with Gasteiger partial charge in [0.25, 0.3) is 17.1 Å². The lowest BCUT2D eigenvalue weighted by atomic mass is 10.2. The van der Waals surface area contributed by atoms with Crippen molar-refractivity contribution in [3.05, 3.63) is 57.5 Å². The van der Waals surface area contributed by atoms with Gasteiger partial charge in [-0.2, -0.15) is 0 Å². The van der Waals surface area contributed by atoms with E-state index < -0.39 is 12.0 Å². The van der Waals surface area contributed by atoms with Gasteiger partial charge in [0.15, 0.2) is 17.6 Å². The van der Waals surface area contributed by atoms with E-state index in [1.807, 2.05) is 6.92 Å². The maximum Gasteiger partial charge on any atom is 0.293 e. The molecule has 0 aliphatic carbocycles. The highest BCUT2D eigenvalue weighted by Crippen LogP contribution is 2.36. The number of amides is 3. The molecule has 3 amide bonds. The summed E-state index contributed by atoms with van der Waals surface area (Å²) in [6.45, 7) is 3.79. The van der Waals surface area contributed by atoms with Crippen LogP contribution < -0.4 is 19.5 Å². The van der Waals surface area contributed by atoms with Crippen molar-refractivity contribution < 1.29 is 28.6 Å². The molecule has 1 fully saturated rings. The summed E-state index contributed by atoms with van der Waals surface area (Å²) in [4.78, 5) is 38.8. The molecule has 1 atom stereocenters. The van der Waals surface area contributed by atoms with E-state index >= 15 is 0 Å². The normalized spacial score (nSPS) is 16.9. The molecule has 172 valence electrons. The second-order valence-corrected chi connectivity index (χ2v) is 8.84. The van der Waals surface area contributed by atoms with Crippen molar-refractivity contribution in [1.29, 1.82) is 0 Å². The van der Waals surface area contributed by atoms with E-state index in [9.17, 15) is 14.4 Å². The molecule has 0 spiro atoms. The molecule has 2 aliphatic heterocycles. The van der Waals surface area contributed by atoms with Crippen molar-refractivity contribution in [2.75, 3.05) is 19.9 Å². The number of nitrogens with zero attached hydrogens (tertiary/aromatic N) is 1. The van der Waals surface area contributed by atoms with E-state index in [1.54, 1.807) is 49.4 Å². The fourth-order valence-electron chi connectivity index (χ4n) is 3.27. The van der Waals surface area contributed by atoms with Crippen LogP contribution in [-0.2, 0) is 9.59 Å². The molecule has 2 aliphatic rings. The second-order valence-electron chi connectivity index (χ2n) is 7.41. The average Bonchev–Trinajstić information content (AvgIpc) is 3.34. The highest BCUT2D eigenvalue weighted by Gasteiger charge is 2.35. The molecule has 1 N–H and O–H groups in total. The minimum Gasteiger partial charge on any atom is -0.481 e. The zero-order valence-electron chi connectivity index (χ0n) is 17.9. The number of halogens is 1. The van der Waals surface area contributed by atoms with Crippen LogP contribution in [-0.4, -0.2) is 47.9 Å². The lowest BCUT2D eigenvalue weighted by molar-refractivity contribution is -0.128. The van der Waals surface area contributed by atoms with Crippen LogP contribution in [0.4, 0.5) is 4.79 Å². The van der Waals surface area contributed by atoms with Gasteiger partial charge in [-0.25, -0.2) is 0 Å². The Labute approximate surface area is 199 Å². The third-order valence-corrected chi connectivity index (χ3v) is 6.16. The molecule has 0 bridgehead atoms. The first kappa shape index (κ1) is 23.0. The topological polar surface area (TPSA) is 94.2 Å². The van der Waals surface area contributed by atoms with Gasteiger partial charge < -0.3 is 19.5 Å². The molecule has 8 nitrogen and oxygen atoms in total. The third-order valence-electron chi connectivity index (χ3n) is 5.01. The van der Waals surface area contributed by atoms with Crippen molar-refractivity contribution >= 4 is 46.5 Å². The zero-order chi connectivity index (χ0) is 23.5. The maximum absolute atomic E-state index is 12.7. The fraction of sp³-hybridized carbons (Fsp3) is 0.261. The van der Waals surface area contributed by atoms with E-state index in [0.717, 1.165) is 27.8 Å². The van der Waals surface area contributed by atoms with Crippen LogP contribution in [0, 0.1) is 6.92 Å². The van der Waals surface area contributed by atoms with Crippen LogP contribution >= 0.6 is 23.4 Å². The Hall–Kier alpha value is -3.17. The van der Waals surface area contributed by atoms with E-state index in [2.05, 4.69) is 5.32 Å². The molecule has 4 rings (SSSR count). The van der Waals surface area contributed by atoms with Gasteiger partial charge in [-0.3, -0.25) is 19.3 Å². The number of nitrogens with one attached hydrogen (secondary N) is 1. The van der Waals surface area contributed by atoms with Gasteiger partial charge in [0, 0.05) is 18.1 Å². The summed E-state index contributed by atoms with van der Waals surface area (Å²) in [5, 5.41) is 2.90. The third kappa shape index (κ3) is 5.26. The lowest BCUT2D eigenvalue weighted by Gasteiger charge is -2.17. The first-order valence-electron chi connectivity index (χ1n) is 10.2. The van der Waals surface area contributed by atoms with Gasteiger partial charge in [0.05, 0.1) is 4.91 Å². The minimum atomic E-state index is -0.759. The van der Waals surface area contributed by atoms with Crippen molar-refractivity contribution in [3.8, 4) is 17.2 Å². The molecule has 2 aromatic rings. The highest BCUT2D eigenvalue weighted by atomic mass is 35.5. The quantitative estimate of drug-likeness (QED) is 0.589. The number of fused-ring (bicyclic) bond motifs is 1. The van der Waals surface area contributed by atoms with Gasteiger partial charge in [0.2, 0.25) is 6.79 Å². The number of hydrogen-bond donors (Lipinski definition) is 1. The van der Waals surface area contributed by atoms with E-state index in [1.165, 1.54) is 0 Å². The Morgan fingerprint density at radius 3 is 2.82 bits per heavy atom. The minimum absolute atomic E-state index is 0.0571. The SMILES string of the molecule is Cc1cc(Cl)ccc1O[C@H](C)C(=O)NCCN1C(=O)S/C(=C\c2ccc3c(c2)OCO3)C1=O. The molecular weight excluding hydrogens is 468 g/mol. The summed E-state index contributed by atoms with van der Waals surface area (Å²) in [7, 11) is 0. The van der Waals surface area contributed by atoms with Crippen LogP contribution in [0.15, 0.2) is 41.3 Å². The zero-order valence-corrected chi connectivity index (χ0v) is 19.5. The Kier molecular flexibility index (Phi) is 6.80. The average molecular weight is 489 g/mol. The Bertz CT molecular complexity index is 1150. The van der Waals surface area contributed by atoms with Gasteiger partial charge in [-0.1, -0.05) is 17.7 Å². The number of aryl methyl sites for hydroxylation is 1. The summed E-state index contributed by atoms with van der Waals surface area (Å²) in [6, 6.07) is 10.4. The summed E-state index contributed by atoms with van der Waals surface area (Å²) in [5.74, 6) is 1.03. The van der Waals surface area contributed by atoms with Crippen molar-refractivity contribution in [2.24, 2.45) is 0 Å². The van der Waals surface area contributed by atoms with Gasteiger partial charge >= 0.3 is 0 Å². The maximum atomic E-state index is 12.7. The standard InChI is InChI=1S/C23H21ClN2O6S/c1-13-9-16(24)4-6-17(13)32-14(2)21(27)25-7-8-26-22(28)20(33-23(26)29)11-15-3-5-18-19(10-15)31-12-30-18/h3-6,9-11,14H,7-8,12H2,1-2H3,(H,25,27)/b20-11-/t14-/m1/s1. The Morgan fingerprint density at radius 2 is 2.03 bits per heavy atom. The molecule has 2 heterocycles. The van der Waals surface area contributed by atoms with Crippen LogP contribution in [0.5, 0.6) is 17.2 Å². The number of carbonyl (C=O) groups is 3. The van der Waals surface area contributed by atoms with E-state index in [0.29, 0.717) is 27.2 Å². The largest absolute Gasteiger partial charge is 0.481 e. The first-order chi connectivity index (χ1) is 15.8. The predicted molar refractivity (Wildman–Crippen MR) is 125 cm³/mol. The van der Waals surface area contributed by atoms with Crippen molar-refractivity contribution in [2.45, 2.75) is 20.0 Å². The smallest absolute Gasteiger partial charge is 0.293 e. The lowest BCUT2D eigenvalue weighted by Crippen LogP contribution is -2.41. The number of benzene rings is 2. The van der Waals surface area contributed by atoms with Crippen molar-refractivity contribution in [1.82, 2.24) is 10.2 Å². The van der Waals surface area contributed by atoms with Gasteiger partial charge in [0.1, 0.15) is 5.75 Å². The molecule has 0 unspecified atom stereocenters. The number of thioether (sulfide) groups is 1. The van der Waals surface area contributed by atoms with E-state index in [4.69, 9.17) is 25.8 Å². The highest BCUT2D eigenvalue weighted by molar-refractivity contribution is 8.18. The summed E-state index contributed by atoms with van der Waals surface area (Å²) in [6.07, 6.45) is 0.876. The number of carbonyl (C=O) groups excluding carboxylic acids is 3. The molecule has 0 aromatic heterocycles. The number of ether oxygens (including phenoxy) is 3. The fourth-order valence-corrected chi connectivity index (χ4v) is 4.36. The molecule has 1 saturated heterocycles. The summed E-state index contributed by atoms with van der Waals surface area (Å²) < 4.78 is 16.3. The number of rotatable bonds is 7. The molecule has 0 saturated carbocycles. The first-order valence-corrected chi connectivity index (χ1v) is 11.4. The number of imide groups is 1. The molecule has 10 heteroatoms. The molecule has 2 aromatic carbocycles. The molecule has 0 radical (unpaired) electrons. The Morgan fingerprint density at radius 1 is 1.24 bits per heavy atom. The second kappa shape index (κ2) is 9.76. The number of hydrogen-bond acceptors (Lipinski definition) is 7. The van der Waals surface area contributed by atoms with Crippen LogP contribution in [0.25, 0.3) is 6.08 Å². The van der Waals surface area contributed by atoms with Gasteiger partial charge in [-0.05, 0) is 73.1 Å². The molecular formula is C23H21ClN2O6S. The summed E-state index contributed by atoms with van der Waals surface area (Å²) in [5.41, 5.74) is 1.54. The van der Waals surface area contributed by atoms with Gasteiger partial charge in [-0.15, -0.1) is 0 Å². The Balaban J connectivity index is 1.30. The monoisotopic (exact) mass is 488 g/mol. The van der Waals surface area contributed by atoms with Crippen LogP contribution in [0.3, 0.4) is 0 Å². The van der Waals surface area contributed by atoms with Crippen LogP contribution in [0.1, 0.15) is 18.1 Å². The summed E-state index contributed by atoms with van der Waals surface area (Å²) >= 11 is 6.80. The van der Waals surface area contributed by atoms with Crippen molar-refractivity contribution in [3.63, 3.8) is 0 Å². The van der Waals surface area contributed by atoms with E-state index in [-0.39, 0.29) is 31.0 Å². The predicted octanol–water partition coefficient (Wildman–Crippen LogP) is 4.00. The van der Waals surface area contributed by atoms with Crippen LogP contribution in [0.2, 0.25) is 5.02 Å².